The van der Waals surface area contributed by atoms with Crippen LogP contribution in [0, 0.1) is 13.8 Å². The van der Waals surface area contributed by atoms with Crippen LogP contribution in [0.25, 0.3) is 17.1 Å². The van der Waals surface area contributed by atoms with Crippen molar-refractivity contribution in [2.45, 2.75) is 24.8 Å². The number of aryl methyl sites for hydroxylation is 2. The lowest BCUT2D eigenvalue weighted by molar-refractivity contribution is 0.0600. The van der Waals surface area contributed by atoms with Gasteiger partial charge in [0, 0.05) is 17.0 Å². The Morgan fingerprint density at radius 2 is 1.71 bits per heavy atom. The van der Waals surface area contributed by atoms with Gasteiger partial charge in [0.2, 0.25) is 0 Å². The summed E-state index contributed by atoms with van der Waals surface area (Å²) < 4.78 is 6.99. The molecule has 0 aliphatic rings. The highest BCUT2D eigenvalue weighted by molar-refractivity contribution is 7.98. The van der Waals surface area contributed by atoms with Gasteiger partial charge in [-0.2, -0.15) is 0 Å². The molecule has 156 valence electrons. The second kappa shape index (κ2) is 9.18. The fraction of sp³-hybridized carbons (Fsp3) is 0.160. The largest absolute Gasteiger partial charge is 0.465 e. The van der Waals surface area contributed by atoms with E-state index in [-0.39, 0.29) is 5.97 Å². The predicted molar refractivity (Wildman–Crippen MR) is 124 cm³/mol. The molecule has 6 heteroatoms. The minimum absolute atomic E-state index is 0.336. The van der Waals surface area contributed by atoms with E-state index in [2.05, 4.69) is 65.0 Å². The Bertz CT molecular complexity index is 1220. The number of nitrogens with zero attached hydrogens (tertiary/aromatic N) is 3. The Kier molecular flexibility index (Phi) is 6.18. The normalized spacial score (nSPS) is 10.8. The molecule has 0 saturated carbocycles. The summed E-state index contributed by atoms with van der Waals surface area (Å²) in [7, 11) is 1.40. The predicted octanol–water partition coefficient (Wildman–Crippen LogP) is 5.63. The Morgan fingerprint density at radius 3 is 2.45 bits per heavy atom. The first kappa shape index (κ1) is 20.9. The zero-order valence-corrected chi connectivity index (χ0v) is 18.5. The standard InChI is InChI=1S/C25H23N3O2S/c1-17-11-13-21(14-12-17)28-23(19-9-6-7-18(2)15-19)26-27-25(28)31-16-20-8-4-5-10-22(20)24(29)30-3/h4-15H,16H2,1-3H3. The molecule has 1 heterocycles. The van der Waals surface area contributed by atoms with E-state index < -0.39 is 0 Å². The van der Waals surface area contributed by atoms with Crippen molar-refractivity contribution in [1.82, 2.24) is 14.8 Å². The molecule has 5 nitrogen and oxygen atoms in total. The fourth-order valence-electron chi connectivity index (χ4n) is 3.36. The monoisotopic (exact) mass is 429 g/mol. The van der Waals surface area contributed by atoms with E-state index in [0.717, 1.165) is 33.4 Å². The maximum Gasteiger partial charge on any atom is 0.338 e. The zero-order chi connectivity index (χ0) is 21.8. The van der Waals surface area contributed by atoms with Crippen LogP contribution >= 0.6 is 11.8 Å². The summed E-state index contributed by atoms with van der Waals surface area (Å²) in [5, 5.41) is 9.77. The molecule has 0 spiro atoms. The second-order valence-corrected chi connectivity index (χ2v) is 8.23. The summed E-state index contributed by atoms with van der Waals surface area (Å²) in [5.74, 6) is 1.02. The van der Waals surface area contributed by atoms with E-state index in [4.69, 9.17) is 4.74 Å². The number of rotatable bonds is 6. The number of carbonyl (C=O) groups excluding carboxylic acids is 1. The van der Waals surface area contributed by atoms with Crippen LogP contribution in [0.3, 0.4) is 0 Å². The highest BCUT2D eigenvalue weighted by Crippen LogP contribution is 2.31. The molecule has 0 amide bonds. The third kappa shape index (κ3) is 4.54. The summed E-state index contributed by atoms with van der Waals surface area (Å²) >= 11 is 1.54. The van der Waals surface area contributed by atoms with Gasteiger partial charge in [0.25, 0.3) is 0 Å². The number of methoxy groups -OCH3 is 1. The molecule has 0 unspecified atom stereocenters. The number of carbonyl (C=O) groups is 1. The molecule has 0 radical (unpaired) electrons. The van der Waals surface area contributed by atoms with E-state index in [1.807, 2.05) is 30.3 Å². The quantitative estimate of drug-likeness (QED) is 0.294. The number of thioether (sulfide) groups is 1. The van der Waals surface area contributed by atoms with Crippen molar-refractivity contribution in [2.75, 3.05) is 7.11 Å². The number of ether oxygens (including phenoxy) is 1. The zero-order valence-electron chi connectivity index (χ0n) is 17.7. The van der Waals surface area contributed by atoms with Gasteiger partial charge in [-0.1, -0.05) is 71.4 Å². The first-order valence-corrected chi connectivity index (χ1v) is 10.9. The Hall–Kier alpha value is -3.38. The van der Waals surface area contributed by atoms with Crippen molar-refractivity contribution in [3.8, 4) is 17.1 Å². The molecular formula is C25H23N3O2S. The van der Waals surface area contributed by atoms with Crippen molar-refractivity contribution in [3.63, 3.8) is 0 Å². The van der Waals surface area contributed by atoms with Gasteiger partial charge in [0.15, 0.2) is 11.0 Å². The van der Waals surface area contributed by atoms with Crippen molar-refractivity contribution in [1.29, 1.82) is 0 Å². The Balaban J connectivity index is 1.73. The van der Waals surface area contributed by atoms with Gasteiger partial charge in [0.05, 0.1) is 12.7 Å². The molecule has 3 aromatic carbocycles. The van der Waals surface area contributed by atoms with E-state index in [0.29, 0.717) is 11.3 Å². The van der Waals surface area contributed by atoms with E-state index in [9.17, 15) is 4.79 Å². The Morgan fingerprint density at radius 1 is 0.935 bits per heavy atom. The van der Waals surface area contributed by atoms with Crippen molar-refractivity contribution >= 4 is 17.7 Å². The van der Waals surface area contributed by atoms with Crippen LogP contribution < -0.4 is 0 Å². The number of esters is 1. The summed E-state index contributed by atoms with van der Waals surface area (Å²) in [6.45, 7) is 4.13. The number of hydrogen-bond donors (Lipinski definition) is 0. The second-order valence-electron chi connectivity index (χ2n) is 7.28. The van der Waals surface area contributed by atoms with E-state index in [1.54, 1.807) is 17.8 Å². The van der Waals surface area contributed by atoms with Gasteiger partial charge in [-0.3, -0.25) is 4.57 Å². The average Bonchev–Trinajstić information content (AvgIpc) is 3.22. The minimum Gasteiger partial charge on any atom is -0.465 e. The molecule has 0 atom stereocenters. The van der Waals surface area contributed by atoms with Crippen LogP contribution in [-0.2, 0) is 10.5 Å². The van der Waals surface area contributed by atoms with Gasteiger partial charge in [-0.25, -0.2) is 4.79 Å². The average molecular weight is 430 g/mol. The lowest BCUT2D eigenvalue weighted by Crippen LogP contribution is -2.05. The SMILES string of the molecule is COC(=O)c1ccccc1CSc1nnc(-c2cccc(C)c2)n1-c1ccc(C)cc1. The van der Waals surface area contributed by atoms with E-state index in [1.165, 1.54) is 12.7 Å². The molecule has 0 bridgehead atoms. The highest BCUT2D eigenvalue weighted by atomic mass is 32.2. The molecule has 0 fully saturated rings. The smallest absolute Gasteiger partial charge is 0.338 e. The van der Waals surface area contributed by atoms with Crippen LogP contribution in [0.1, 0.15) is 27.0 Å². The molecule has 0 aliphatic heterocycles. The molecule has 0 aliphatic carbocycles. The molecule has 1 aromatic heterocycles. The maximum absolute atomic E-state index is 12.1. The fourth-order valence-corrected chi connectivity index (χ4v) is 4.31. The maximum atomic E-state index is 12.1. The van der Waals surface area contributed by atoms with Crippen LogP contribution in [0.4, 0.5) is 0 Å². The van der Waals surface area contributed by atoms with Crippen molar-refractivity contribution < 1.29 is 9.53 Å². The van der Waals surface area contributed by atoms with Crippen molar-refractivity contribution in [2.24, 2.45) is 0 Å². The van der Waals surface area contributed by atoms with Crippen LogP contribution in [-0.4, -0.2) is 27.8 Å². The lowest BCUT2D eigenvalue weighted by Gasteiger charge is -2.12. The summed E-state index contributed by atoms with van der Waals surface area (Å²) in [5.41, 5.74) is 5.82. The topological polar surface area (TPSA) is 57.0 Å². The number of hydrogen-bond acceptors (Lipinski definition) is 5. The first-order valence-electron chi connectivity index (χ1n) is 9.95. The van der Waals surface area contributed by atoms with Gasteiger partial charge < -0.3 is 4.74 Å². The van der Waals surface area contributed by atoms with Crippen LogP contribution in [0.5, 0.6) is 0 Å². The van der Waals surface area contributed by atoms with Gasteiger partial charge in [-0.15, -0.1) is 10.2 Å². The van der Waals surface area contributed by atoms with Crippen molar-refractivity contribution in [3.05, 3.63) is 95.1 Å². The summed E-state index contributed by atoms with van der Waals surface area (Å²) in [4.78, 5) is 12.1. The molecular weight excluding hydrogens is 406 g/mol. The van der Waals surface area contributed by atoms with E-state index >= 15 is 0 Å². The number of aromatic nitrogens is 3. The molecule has 4 aromatic rings. The molecule has 31 heavy (non-hydrogen) atoms. The third-order valence-electron chi connectivity index (χ3n) is 4.98. The van der Waals surface area contributed by atoms with Gasteiger partial charge in [-0.05, 0) is 43.7 Å². The Labute approximate surface area is 186 Å². The summed E-state index contributed by atoms with van der Waals surface area (Å²) in [6.07, 6.45) is 0. The highest BCUT2D eigenvalue weighted by Gasteiger charge is 2.18. The van der Waals surface area contributed by atoms with Gasteiger partial charge >= 0.3 is 5.97 Å². The molecule has 0 saturated heterocycles. The first-order chi connectivity index (χ1) is 15.1. The summed E-state index contributed by atoms with van der Waals surface area (Å²) in [6, 6.07) is 24.0. The lowest BCUT2D eigenvalue weighted by atomic mass is 10.1. The number of benzene rings is 3. The molecule has 4 rings (SSSR count). The third-order valence-corrected chi connectivity index (χ3v) is 5.96. The molecule has 0 N–H and O–H groups in total. The van der Waals surface area contributed by atoms with Crippen LogP contribution in [0.2, 0.25) is 0 Å². The van der Waals surface area contributed by atoms with Crippen LogP contribution in [0.15, 0.2) is 78.0 Å². The van der Waals surface area contributed by atoms with Gasteiger partial charge in [0.1, 0.15) is 0 Å². The minimum atomic E-state index is -0.336.